The van der Waals surface area contributed by atoms with E-state index in [0.717, 1.165) is 17.1 Å². The van der Waals surface area contributed by atoms with Crippen molar-refractivity contribution in [1.29, 1.82) is 0 Å². The van der Waals surface area contributed by atoms with Crippen LogP contribution in [0.3, 0.4) is 0 Å². The van der Waals surface area contributed by atoms with Gasteiger partial charge in [0.2, 0.25) is 0 Å². The van der Waals surface area contributed by atoms with E-state index in [1.807, 2.05) is 54.6 Å². The van der Waals surface area contributed by atoms with Gasteiger partial charge in [0.25, 0.3) is 0 Å². The third kappa shape index (κ3) is 1.52. The molecule has 3 rings (SSSR count). The number of nitrogens with zero attached hydrogens (tertiary/aromatic N) is 4. The quantitative estimate of drug-likeness (QED) is 0.650. The molecule has 0 bridgehead atoms. The van der Waals surface area contributed by atoms with E-state index in [4.69, 9.17) is 5.73 Å². The molecule has 0 atom stereocenters. The molecule has 0 aliphatic rings. The summed E-state index contributed by atoms with van der Waals surface area (Å²) in [6.45, 7) is 3.94. The molecule has 5 nitrogen and oxygen atoms in total. The van der Waals surface area contributed by atoms with Gasteiger partial charge in [0.1, 0.15) is 5.69 Å². The normalized spacial score (nSPS) is 11.0. The van der Waals surface area contributed by atoms with E-state index in [1.165, 1.54) is 0 Å². The van der Waals surface area contributed by atoms with Crippen LogP contribution in [-0.4, -0.2) is 14.8 Å². The molecular weight excluding hydrogens is 226 g/mol. The first kappa shape index (κ1) is 10.7. The van der Waals surface area contributed by atoms with E-state index in [-0.39, 0.29) is 0 Å². The van der Waals surface area contributed by atoms with Gasteiger partial charge in [0.05, 0.1) is 11.4 Å². The zero-order valence-electron chi connectivity index (χ0n) is 10.3. The molecule has 2 aromatic heterocycles. The van der Waals surface area contributed by atoms with Crippen molar-refractivity contribution in [2.24, 2.45) is 0 Å². The molecule has 2 N–H and O–H groups in total. The molecular formula is C13H14N5+. The molecule has 0 aliphatic heterocycles. The molecule has 0 unspecified atom stereocenters. The van der Waals surface area contributed by atoms with Crippen LogP contribution in [0.2, 0.25) is 0 Å². The Morgan fingerprint density at radius 1 is 1.17 bits per heavy atom. The van der Waals surface area contributed by atoms with Gasteiger partial charge in [-0.25, -0.2) is 0 Å². The summed E-state index contributed by atoms with van der Waals surface area (Å²) in [5.74, 6) is 1.18. The Morgan fingerprint density at radius 3 is 2.61 bits per heavy atom. The molecule has 90 valence electrons. The minimum atomic E-state index is 0.557. The molecule has 0 fully saturated rings. The van der Waals surface area contributed by atoms with Crippen LogP contribution >= 0.6 is 0 Å². The first-order chi connectivity index (χ1) is 8.66. The van der Waals surface area contributed by atoms with Crippen molar-refractivity contribution in [3.63, 3.8) is 0 Å². The maximum absolute atomic E-state index is 6.15. The van der Waals surface area contributed by atoms with E-state index in [0.29, 0.717) is 11.7 Å². The fraction of sp³-hybridized carbons (Fsp3) is 0.154. The number of hydrogen-bond donors (Lipinski definition) is 1. The van der Waals surface area contributed by atoms with Crippen LogP contribution in [0.1, 0.15) is 11.4 Å². The summed E-state index contributed by atoms with van der Waals surface area (Å²) in [4.78, 5) is 4.39. The van der Waals surface area contributed by atoms with Crippen LogP contribution in [-0.2, 0) is 0 Å². The Labute approximate surface area is 105 Å². The second kappa shape index (κ2) is 3.80. The first-order valence-corrected chi connectivity index (χ1v) is 5.77. The monoisotopic (exact) mass is 240 g/mol. The van der Waals surface area contributed by atoms with Gasteiger partial charge in [-0.1, -0.05) is 18.2 Å². The third-order valence-electron chi connectivity index (χ3n) is 2.88. The maximum Gasteiger partial charge on any atom is 0.389 e. The van der Waals surface area contributed by atoms with E-state index in [1.54, 1.807) is 4.68 Å². The largest absolute Gasteiger partial charge is 0.389 e. The minimum Gasteiger partial charge on any atom is -0.319 e. The molecule has 0 aliphatic carbocycles. The van der Waals surface area contributed by atoms with Crippen molar-refractivity contribution < 1.29 is 4.40 Å². The van der Waals surface area contributed by atoms with E-state index in [2.05, 4.69) is 10.1 Å². The van der Waals surface area contributed by atoms with Gasteiger partial charge in [-0.2, -0.15) is 4.40 Å². The highest BCUT2D eigenvalue weighted by Gasteiger charge is 2.19. The number of aromatic nitrogens is 4. The summed E-state index contributed by atoms with van der Waals surface area (Å²) < 4.78 is 3.55. The number of fused-ring (bicyclic) bond motifs is 1. The van der Waals surface area contributed by atoms with Crippen LogP contribution in [0.25, 0.3) is 11.5 Å². The van der Waals surface area contributed by atoms with Crippen molar-refractivity contribution in [3.8, 4) is 5.69 Å². The highest BCUT2D eigenvalue weighted by atomic mass is 15.4. The van der Waals surface area contributed by atoms with Gasteiger partial charge < -0.3 is 5.73 Å². The number of rotatable bonds is 1. The molecule has 5 heteroatoms. The van der Waals surface area contributed by atoms with E-state index < -0.39 is 0 Å². The van der Waals surface area contributed by atoms with E-state index >= 15 is 0 Å². The number of hydrogen-bond acceptors (Lipinski definition) is 3. The van der Waals surface area contributed by atoms with Crippen molar-refractivity contribution in [2.45, 2.75) is 13.8 Å². The fourth-order valence-electron chi connectivity index (χ4n) is 2.11. The third-order valence-corrected chi connectivity index (χ3v) is 2.88. The maximum atomic E-state index is 6.15. The highest BCUT2D eigenvalue weighted by molar-refractivity contribution is 5.38. The van der Waals surface area contributed by atoms with Crippen molar-refractivity contribution in [3.05, 3.63) is 47.8 Å². The van der Waals surface area contributed by atoms with Crippen LogP contribution < -0.4 is 10.1 Å². The highest BCUT2D eigenvalue weighted by Crippen LogP contribution is 2.10. The second-order valence-corrected chi connectivity index (χ2v) is 4.28. The second-order valence-electron chi connectivity index (χ2n) is 4.28. The molecule has 0 spiro atoms. The Bertz CT molecular complexity index is 715. The molecule has 0 radical (unpaired) electrons. The number of anilines is 1. The SMILES string of the molecule is Cc1cc(C)[n+]2c(N)n(-c3ccccc3)nc2n1. The van der Waals surface area contributed by atoms with Gasteiger partial charge in [0.15, 0.2) is 0 Å². The number of benzene rings is 1. The molecule has 3 aromatic rings. The Kier molecular flexibility index (Phi) is 2.26. The predicted molar refractivity (Wildman–Crippen MR) is 68.4 cm³/mol. The summed E-state index contributed by atoms with van der Waals surface area (Å²) in [7, 11) is 0. The lowest BCUT2D eigenvalue weighted by molar-refractivity contribution is -0.506. The lowest BCUT2D eigenvalue weighted by Crippen LogP contribution is -2.29. The lowest BCUT2D eigenvalue weighted by atomic mass is 10.3. The molecule has 0 saturated carbocycles. The Morgan fingerprint density at radius 2 is 1.89 bits per heavy atom. The van der Waals surface area contributed by atoms with Gasteiger partial charge >= 0.3 is 11.7 Å². The molecule has 2 heterocycles. The summed E-state index contributed by atoms with van der Waals surface area (Å²) in [5.41, 5.74) is 9.03. The number of nitrogens with two attached hydrogens (primary N) is 1. The number of aryl methyl sites for hydroxylation is 2. The molecule has 1 aromatic carbocycles. The van der Waals surface area contributed by atoms with Gasteiger partial charge in [0, 0.05) is 5.10 Å². The summed E-state index contributed by atoms with van der Waals surface area (Å²) in [5, 5.41) is 4.45. The lowest BCUT2D eigenvalue weighted by Gasteiger charge is -1.97. The average Bonchev–Trinajstić information content (AvgIpc) is 2.67. The smallest absolute Gasteiger partial charge is 0.319 e. The minimum absolute atomic E-state index is 0.557. The van der Waals surface area contributed by atoms with Crippen molar-refractivity contribution in [1.82, 2.24) is 14.8 Å². The van der Waals surface area contributed by atoms with Gasteiger partial charge in [-0.3, -0.25) is 0 Å². The summed E-state index contributed by atoms with van der Waals surface area (Å²) in [6.07, 6.45) is 0. The van der Waals surface area contributed by atoms with Gasteiger partial charge in [-0.15, -0.1) is 9.67 Å². The zero-order valence-corrected chi connectivity index (χ0v) is 10.3. The van der Waals surface area contributed by atoms with Crippen LogP contribution in [0, 0.1) is 13.8 Å². The van der Waals surface area contributed by atoms with Crippen LogP contribution in [0.5, 0.6) is 0 Å². The molecule has 0 amide bonds. The average molecular weight is 240 g/mol. The summed E-state index contributed by atoms with van der Waals surface area (Å²) >= 11 is 0. The van der Waals surface area contributed by atoms with Gasteiger partial charge in [-0.05, 0) is 32.0 Å². The predicted octanol–water partition coefficient (Wildman–Crippen LogP) is 1.21. The van der Waals surface area contributed by atoms with E-state index in [9.17, 15) is 0 Å². The zero-order chi connectivity index (χ0) is 12.7. The topological polar surface area (TPSA) is 60.8 Å². The Balaban J connectivity index is 2.33. The summed E-state index contributed by atoms with van der Waals surface area (Å²) in [6, 6.07) is 11.8. The fourth-order valence-corrected chi connectivity index (χ4v) is 2.11. The van der Waals surface area contributed by atoms with Crippen LogP contribution in [0.4, 0.5) is 5.95 Å². The van der Waals surface area contributed by atoms with Crippen molar-refractivity contribution in [2.75, 3.05) is 5.73 Å². The van der Waals surface area contributed by atoms with Crippen LogP contribution in [0.15, 0.2) is 36.4 Å². The first-order valence-electron chi connectivity index (χ1n) is 5.77. The van der Waals surface area contributed by atoms with Crippen molar-refractivity contribution >= 4 is 11.7 Å². The molecule has 0 saturated heterocycles. The number of nitrogen functional groups attached to an aromatic ring is 1. The number of para-hydroxylation sites is 1. The Hall–Kier alpha value is -2.43. The standard InChI is InChI=1S/C13H13N5/c1-9-8-10(2)17-12(14)18(16-13(17)15-9)11-6-4-3-5-7-11/h3-8,14H,1-2H3/p+1. The molecule has 18 heavy (non-hydrogen) atoms.